The summed E-state index contributed by atoms with van der Waals surface area (Å²) >= 11 is 0. The molecule has 9 nitrogen and oxygen atoms in total. The Morgan fingerprint density at radius 1 is 1.06 bits per heavy atom. The van der Waals surface area contributed by atoms with E-state index in [-0.39, 0.29) is 0 Å². The second kappa shape index (κ2) is 8.57. The quantitative estimate of drug-likeness (QED) is 0.496. The number of fused-ring (bicyclic) bond motifs is 1. The molecule has 4 heterocycles. The predicted molar refractivity (Wildman–Crippen MR) is 120 cm³/mol. The molecule has 0 bridgehead atoms. The molecular formula is C22H24N8O. The van der Waals surface area contributed by atoms with Gasteiger partial charge in [0.15, 0.2) is 17.0 Å². The number of nitrogens with zero attached hydrogens (tertiary/aromatic N) is 6. The van der Waals surface area contributed by atoms with E-state index in [1.807, 2.05) is 16.8 Å². The van der Waals surface area contributed by atoms with Gasteiger partial charge in [-0.25, -0.2) is 9.66 Å². The highest BCUT2D eigenvalue weighted by Crippen LogP contribution is 2.25. The van der Waals surface area contributed by atoms with Gasteiger partial charge in [0.05, 0.1) is 19.8 Å². The van der Waals surface area contributed by atoms with Crippen molar-refractivity contribution < 1.29 is 4.74 Å². The van der Waals surface area contributed by atoms with Gasteiger partial charge in [0.25, 0.3) is 0 Å². The number of anilines is 3. The van der Waals surface area contributed by atoms with Crippen LogP contribution in [0.4, 0.5) is 17.5 Å². The highest BCUT2D eigenvalue weighted by molar-refractivity contribution is 5.86. The van der Waals surface area contributed by atoms with Crippen molar-refractivity contribution in [2.45, 2.75) is 13.5 Å². The van der Waals surface area contributed by atoms with Crippen molar-refractivity contribution in [1.82, 2.24) is 24.6 Å². The molecule has 0 amide bonds. The lowest BCUT2D eigenvalue weighted by atomic mass is 10.1. The van der Waals surface area contributed by atoms with E-state index in [9.17, 15) is 0 Å². The number of nitrogens with one attached hydrogen (secondary N) is 2. The number of imidazole rings is 1. The van der Waals surface area contributed by atoms with Gasteiger partial charge in [0.1, 0.15) is 6.33 Å². The molecule has 2 N–H and O–H groups in total. The number of aromatic nitrogens is 5. The molecule has 0 aliphatic carbocycles. The van der Waals surface area contributed by atoms with Gasteiger partial charge in [-0.3, -0.25) is 4.98 Å². The Labute approximate surface area is 180 Å². The lowest BCUT2D eigenvalue weighted by Crippen LogP contribution is -2.37. The van der Waals surface area contributed by atoms with E-state index < -0.39 is 0 Å². The molecule has 1 fully saturated rings. The molecule has 1 aliphatic heterocycles. The third-order valence-corrected chi connectivity index (χ3v) is 5.16. The summed E-state index contributed by atoms with van der Waals surface area (Å²) < 4.78 is 7.35. The summed E-state index contributed by atoms with van der Waals surface area (Å²) in [5.74, 6) is 1.32. The summed E-state index contributed by atoms with van der Waals surface area (Å²) in [4.78, 5) is 20.4. The minimum atomic E-state index is 0.659. The van der Waals surface area contributed by atoms with Gasteiger partial charge in [-0.15, -0.1) is 0 Å². The zero-order valence-electron chi connectivity index (χ0n) is 17.3. The van der Waals surface area contributed by atoms with Crippen molar-refractivity contribution in [2.75, 3.05) is 41.9 Å². The SMILES string of the molecule is Cc1cccc(CNn2cnc3c(Nc4ccncc4)nc(N4CCOCC4)nc32)c1. The molecule has 1 aliphatic rings. The number of hydrogen-bond donors (Lipinski definition) is 2. The monoisotopic (exact) mass is 416 g/mol. The van der Waals surface area contributed by atoms with E-state index in [2.05, 4.69) is 56.8 Å². The van der Waals surface area contributed by atoms with Gasteiger partial charge < -0.3 is 20.4 Å². The van der Waals surface area contributed by atoms with Gasteiger partial charge in [0.2, 0.25) is 5.95 Å². The average Bonchev–Trinajstić information content (AvgIpc) is 3.22. The third kappa shape index (κ3) is 4.26. The molecule has 0 unspecified atom stereocenters. The van der Waals surface area contributed by atoms with Gasteiger partial charge in [-0.05, 0) is 24.6 Å². The third-order valence-electron chi connectivity index (χ3n) is 5.16. The molecule has 0 spiro atoms. The van der Waals surface area contributed by atoms with Crippen LogP contribution in [0, 0.1) is 6.92 Å². The molecule has 9 heteroatoms. The van der Waals surface area contributed by atoms with Crippen LogP contribution in [0.1, 0.15) is 11.1 Å². The second-order valence-corrected chi connectivity index (χ2v) is 7.44. The molecule has 0 saturated carbocycles. The first-order chi connectivity index (χ1) is 15.3. The maximum Gasteiger partial charge on any atom is 0.229 e. The fraction of sp³-hybridized carbons (Fsp3) is 0.273. The Hall–Kier alpha value is -3.72. The van der Waals surface area contributed by atoms with E-state index in [4.69, 9.17) is 14.7 Å². The highest BCUT2D eigenvalue weighted by atomic mass is 16.5. The summed E-state index contributed by atoms with van der Waals surface area (Å²) in [6, 6.07) is 12.2. The zero-order valence-corrected chi connectivity index (χ0v) is 17.3. The second-order valence-electron chi connectivity index (χ2n) is 7.44. The minimum absolute atomic E-state index is 0.659. The summed E-state index contributed by atoms with van der Waals surface area (Å²) in [6.07, 6.45) is 5.23. The Morgan fingerprint density at radius 2 is 1.90 bits per heavy atom. The van der Waals surface area contributed by atoms with Crippen LogP contribution in [-0.4, -0.2) is 50.9 Å². The lowest BCUT2D eigenvalue weighted by molar-refractivity contribution is 0.122. The van der Waals surface area contributed by atoms with Crippen LogP contribution in [0.3, 0.4) is 0 Å². The number of rotatable bonds is 6. The van der Waals surface area contributed by atoms with Crippen LogP contribution in [0.15, 0.2) is 55.1 Å². The molecule has 3 aromatic heterocycles. The Morgan fingerprint density at radius 3 is 2.71 bits per heavy atom. The molecule has 158 valence electrons. The van der Waals surface area contributed by atoms with Crippen LogP contribution in [-0.2, 0) is 11.3 Å². The van der Waals surface area contributed by atoms with Crippen LogP contribution in [0.25, 0.3) is 11.2 Å². The zero-order chi connectivity index (χ0) is 21.0. The fourth-order valence-corrected chi connectivity index (χ4v) is 3.57. The highest BCUT2D eigenvalue weighted by Gasteiger charge is 2.19. The largest absolute Gasteiger partial charge is 0.378 e. The summed E-state index contributed by atoms with van der Waals surface area (Å²) in [6.45, 7) is 5.60. The van der Waals surface area contributed by atoms with Crippen molar-refractivity contribution in [1.29, 1.82) is 0 Å². The van der Waals surface area contributed by atoms with Crippen molar-refractivity contribution in [3.63, 3.8) is 0 Å². The van der Waals surface area contributed by atoms with Gasteiger partial charge in [-0.1, -0.05) is 29.8 Å². The molecule has 0 atom stereocenters. The summed E-state index contributed by atoms with van der Waals surface area (Å²) in [5, 5.41) is 3.37. The van der Waals surface area contributed by atoms with Crippen LogP contribution in [0.2, 0.25) is 0 Å². The van der Waals surface area contributed by atoms with E-state index in [1.54, 1.807) is 18.7 Å². The van der Waals surface area contributed by atoms with Gasteiger partial charge >= 0.3 is 0 Å². The van der Waals surface area contributed by atoms with Crippen LogP contribution < -0.4 is 15.6 Å². The fourth-order valence-electron chi connectivity index (χ4n) is 3.57. The number of benzene rings is 1. The Balaban J connectivity index is 1.50. The van der Waals surface area contributed by atoms with E-state index in [1.165, 1.54) is 11.1 Å². The lowest BCUT2D eigenvalue weighted by Gasteiger charge is -2.27. The smallest absolute Gasteiger partial charge is 0.229 e. The van der Waals surface area contributed by atoms with Crippen molar-refractivity contribution in [3.8, 4) is 0 Å². The molecule has 1 aromatic carbocycles. The number of morpholine rings is 1. The summed E-state index contributed by atoms with van der Waals surface area (Å²) in [7, 11) is 0. The normalized spacial score (nSPS) is 14.0. The molecule has 31 heavy (non-hydrogen) atoms. The first kappa shape index (κ1) is 19.3. The minimum Gasteiger partial charge on any atom is -0.378 e. The first-order valence-electron chi connectivity index (χ1n) is 10.3. The number of ether oxygens (including phenoxy) is 1. The van der Waals surface area contributed by atoms with Gasteiger partial charge in [0, 0.05) is 31.2 Å². The standard InChI is InChI=1S/C22H24N8O/c1-16-3-2-4-17(13-16)14-25-30-15-24-19-20(26-18-5-7-23-8-6-18)27-22(28-21(19)30)29-9-11-31-12-10-29/h2-8,13,15,25H,9-12,14H2,1H3,(H,23,26,27,28). The summed E-state index contributed by atoms with van der Waals surface area (Å²) in [5.41, 5.74) is 8.16. The van der Waals surface area contributed by atoms with Crippen LogP contribution in [0.5, 0.6) is 0 Å². The van der Waals surface area contributed by atoms with Crippen LogP contribution >= 0.6 is 0 Å². The maximum absolute atomic E-state index is 5.49. The van der Waals surface area contributed by atoms with E-state index >= 15 is 0 Å². The van der Waals surface area contributed by atoms with E-state index in [0.29, 0.717) is 37.0 Å². The average molecular weight is 416 g/mol. The topological polar surface area (TPSA) is 93.0 Å². The molecule has 0 radical (unpaired) electrons. The molecule has 4 aromatic rings. The van der Waals surface area contributed by atoms with Crippen molar-refractivity contribution in [2.24, 2.45) is 0 Å². The van der Waals surface area contributed by atoms with Gasteiger partial charge in [-0.2, -0.15) is 9.97 Å². The maximum atomic E-state index is 5.49. The van der Waals surface area contributed by atoms with E-state index in [0.717, 1.165) is 24.4 Å². The number of aryl methyl sites for hydroxylation is 1. The Bertz CT molecular complexity index is 1170. The number of hydrogen-bond acceptors (Lipinski definition) is 8. The molecule has 1 saturated heterocycles. The van der Waals surface area contributed by atoms with Crippen molar-refractivity contribution in [3.05, 3.63) is 66.2 Å². The molecule has 5 rings (SSSR count). The Kier molecular flexibility index (Phi) is 5.32. The first-order valence-corrected chi connectivity index (χ1v) is 10.3. The predicted octanol–water partition coefficient (Wildman–Crippen LogP) is 2.85. The van der Waals surface area contributed by atoms with Crippen molar-refractivity contribution >= 4 is 28.6 Å². The molecular weight excluding hydrogens is 392 g/mol. The number of pyridine rings is 1.